The van der Waals surface area contributed by atoms with Gasteiger partial charge in [0.25, 0.3) is 0 Å². The number of rotatable bonds is 6. The second-order valence-corrected chi connectivity index (χ2v) is 8.94. The summed E-state index contributed by atoms with van der Waals surface area (Å²) in [5, 5.41) is 9.77. The molecule has 0 bridgehead atoms. The number of amides is 3. The highest BCUT2D eigenvalue weighted by Crippen LogP contribution is 2.42. The number of aliphatic hydroxyl groups excluding tert-OH is 1. The van der Waals surface area contributed by atoms with Crippen LogP contribution in [0.5, 0.6) is 0 Å². The minimum Gasteiger partial charge on any atom is -0.394 e. The van der Waals surface area contributed by atoms with Gasteiger partial charge in [-0.15, -0.1) is 0 Å². The van der Waals surface area contributed by atoms with Crippen LogP contribution in [0, 0.1) is 6.92 Å². The van der Waals surface area contributed by atoms with E-state index in [2.05, 4.69) is 0 Å². The number of imide groups is 1. The minimum atomic E-state index is -1.22. The number of piperidine rings is 1. The Morgan fingerprint density at radius 2 is 1.78 bits per heavy atom. The van der Waals surface area contributed by atoms with Crippen molar-refractivity contribution in [3.8, 4) is 0 Å². The fraction of sp³-hybridized carbons (Fsp3) is 0.423. The number of aryl methyl sites for hydroxylation is 1. The zero-order valence-electron chi connectivity index (χ0n) is 18.5. The first-order valence-corrected chi connectivity index (χ1v) is 11.3. The highest BCUT2D eigenvalue weighted by Gasteiger charge is 2.54. The third-order valence-corrected chi connectivity index (χ3v) is 6.86. The van der Waals surface area contributed by atoms with E-state index in [9.17, 15) is 19.5 Å². The van der Waals surface area contributed by atoms with E-state index < -0.39 is 5.41 Å². The smallest absolute Gasteiger partial charge is 0.241 e. The molecule has 2 aromatic carbocycles. The highest BCUT2D eigenvalue weighted by molar-refractivity contribution is 6.10. The summed E-state index contributed by atoms with van der Waals surface area (Å²) in [6, 6.07) is 16.7. The molecule has 3 amide bonds. The van der Waals surface area contributed by atoms with Gasteiger partial charge in [0.15, 0.2) is 0 Å². The molecule has 0 unspecified atom stereocenters. The standard InChI is InChI=1S/C26H30N2O4/c1-19-9-5-6-13-22(19)26(15-23(30)27-14-8-7-12-21(27)18-29)16-24(31)28(25(26)32)17-20-10-3-2-4-11-20/h2-6,9-11,13,21,29H,7-8,12,14-18H2,1H3/t21-,26+/m1/s1. The number of aliphatic hydroxyl groups is 1. The normalized spacial score (nSPS) is 23.6. The van der Waals surface area contributed by atoms with Crippen LogP contribution in [0.25, 0.3) is 0 Å². The maximum atomic E-state index is 13.8. The Kier molecular flexibility index (Phi) is 6.42. The van der Waals surface area contributed by atoms with Crippen molar-refractivity contribution < 1.29 is 19.5 Å². The number of hydrogen-bond donors (Lipinski definition) is 1. The quantitative estimate of drug-likeness (QED) is 0.709. The number of benzene rings is 2. The summed E-state index contributed by atoms with van der Waals surface area (Å²) >= 11 is 0. The Balaban J connectivity index is 1.69. The lowest BCUT2D eigenvalue weighted by atomic mass is 9.73. The molecule has 6 nitrogen and oxygen atoms in total. The van der Waals surface area contributed by atoms with E-state index in [0.29, 0.717) is 6.54 Å². The van der Waals surface area contributed by atoms with Crippen molar-refractivity contribution in [3.05, 3.63) is 71.3 Å². The zero-order valence-corrected chi connectivity index (χ0v) is 18.5. The lowest BCUT2D eigenvalue weighted by Gasteiger charge is -2.37. The van der Waals surface area contributed by atoms with E-state index in [-0.39, 0.29) is 49.8 Å². The van der Waals surface area contributed by atoms with Crippen LogP contribution in [0.15, 0.2) is 54.6 Å². The first kappa shape index (κ1) is 22.2. The molecule has 2 aliphatic heterocycles. The first-order valence-electron chi connectivity index (χ1n) is 11.3. The first-order chi connectivity index (χ1) is 15.5. The van der Waals surface area contributed by atoms with Crippen LogP contribution < -0.4 is 0 Å². The van der Waals surface area contributed by atoms with Gasteiger partial charge < -0.3 is 10.0 Å². The third kappa shape index (κ3) is 4.07. The second-order valence-electron chi connectivity index (χ2n) is 8.94. The van der Waals surface area contributed by atoms with Crippen LogP contribution in [-0.4, -0.2) is 51.8 Å². The van der Waals surface area contributed by atoms with E-state index in [0.717, 1.165) is 36.0 Å². The average Bonchev–Trinajstić information content (AvgIpc) is 3.04. The van der Waals surface area contributed by atoms with Gasteiger partial charge >= 0.3 is 0 Å². The maximum absolute atomic E-state index is 13.8. The predicted octanol–water partition coefficient (Wildman–Crippen LogP) is 2.96. The number of hydrogen-bond acceptors (Lipinski definition) is 4. The Hall–Kier alpha value is -2.99. The minimum absolute atomic E-state index is 0.0209. The molecule has 168 valence electrons. The number of likely N-dealkylation sites (tertiary alicyclic amines) is 2. The molecule has 0 aliphatic carbocycles. The second kappa shape index (κ2) is 9.25. The van der Waals surface area contributed by atoms with E-state index in [4.69, 9.17) is 0 Å². The van der Waals surface area contributed by atoms with Crippen LogP contribution in [0.2, 0.25) is 0 Å². The molecular formula is C26H30N2O4. The molecule has 0 radical (unpaired) electrons. The molecule has 2 aliphatic rings. The van der Waals surface area contributed by atoms with E-state index >= 15 is 0 Å². The fourth-order valence-electron chi connectivity index (χ4n) is 5.16. The average molecular weight is 435 g/mol. The molecule has 2 saturated heterocycles. The van der Waals surface area contributed by atoms with Gasteiger partial charge in [-0.05, 0) is 42.9 Å². The Morgan fingerprint density at radius 3 is 2.50 bits per heavy atom. The molecule has 2 heterocycles. The van der Waals surface area contributed by atoms with Crippen molar-refractivity contribution in [2.24, 2.45) is 0 Å². The van der Waals surface area contributed by atoms with E-state index in [1.165, 1.54) is 4.90 Å². The number of nitrogens with zero attached hydrogens (tertiary/aromatic N) is 2. The Bertz CT molecular complexity index is 1010. The van der Waals surface area contributed by atoms with E-state index in [1.807, 2.05) is 61.5 Å². The van der Waals surface area contributed by atoms with Crippen LogP contribution in [-0.2, 0) is 26.3 Å². The highest BCUT2D eigenvalue weighted by atomic mass is 16.3. The lowest BCUT2D eigenvalue weighted by Crippen LogP contribution is -2.49. The van der Waals surface area contributed by atoms with Crippen molar-refractivity contribution >= 4 is 17.7 Å². The maximum Gasteiger partial charge on any atom is 0.241 e. The molecule has 2 atom stereocenters. The van der Waals surface area contributed by atoms with Crippen LogP contribution in [0.4, 0.5) is 0 Å². The van der Waals surface area contributed by atoms with Crippen molar-refractivity contribution in [1.29, 1.82) is 0 Å². The summed E-state index contributed by atoms with van der Waals surface area (Å²) in [6.07, 6.45) is 2.52. The molecular weight excluding hydrogens is 404 g/mol. The summed E-state index contributed by atoms with van der Waals surface area (Å²) < 4.78 is 0. The summed E-state index contributed by atoms with van der Waals surface area (Å²) in [6.45, 7) is 2.60. The molecule has 1 N–H and O–H groups in total. The lowest BCUT2D eigenvalue weighted by molar-refractivity contribution is -0.144. The SMILES string of the molecule is Cc1ccccc1[C@]1(CC(=O)N2CCCC[C@@H]2CO)CC(=O)N(Cc2ccccc2)C1=O. The van der Waals surface area contributed by atoms with Crippen molar-refractivity contribution in [2.45, 2.75) is 57.0 Å². The summed E-state index contributed by atoms with van der Waals surface area (Å²) in [4.78, 5) is 43.4. The molecule has 2 fully saturated rings. The van der Waals surface area contributed by atoms with Crippen LogP contribution in [0.3, 0.4) is 0 Å². The van der Waals surface area contributed by atoms with Gasteiger partial charge in [-0.25, -0.2) is 0 Å². The summed E-state index contributed by atoms with van der Waals surface area (Å²) in [5.41, 5.74) is 1.28. The summed E-state index contributed by atoms with van der Waals surface area (Å²) in [5.74, 6) is -0.742. The number of carbonyl (C=O) groups is 3. The third-order valence-electron chi connectivity index (χ3n) is 6.86. The van der Waals surface area contributed by atoms with Gasteiger partial charge in [0.1, 0.15) is 0 Å². The molecule has 2 aromatic rings. The molecule has 0 aromatic heterocycles. The predicted molar refractivity (Wildman–Crippen MR) is 121 cm³/mol. The van der Waals surface area contributed by atoms with Gasteiger partial charge in [-0.3, -0.25) is 19.3 Å². The van der Waals surface area contributed by atoms with Crippen LogP contribution >= 0.6 is 0 Å². The van der Waals surface area contributed by atoms with E-state index in [1.54, 1.807) is 4.90 Å². The Morgan fingerprint density at radius 1 is 1.06 bits per heavy atom. The molecule has 4 rings (SSSR count). The molecule has 32 heavy (non-hydrogen) atoms. The molecule has 0 saturated carbocycles. The van der Waals surface area contributed by atoms with Crippen molar-refractivity contribution in [3.63, 3.8) is 0 Å². The molecule has 6 heteroatoms. The Labute approximate surface area is 188 Å². The largest absolute Gasteiger partial charge is 0.394 e. The zero-order chi connectivity index (χ0) is 22.7. The topological polar surface area (TPSA) is 77.9 Å². The van der Waals surface area contributed by atoms with Gasteiger partial charge in [0.2, 0.25) is 17.7 Å². The molecule has 0 spiro atoms. The van der Waals surface area contributed by atoms with Gasteiger partial charge in [0, 0.05) is 19.4 Å². The fourth-order valence-corrected chi connectivity index (χ4v) is 5.16. The van der Waals surface area contributed by atoms with Gasteiger partial charge in [-0.1, -0.05) is 54.6 Å². The van der Waals surface area contributed by atoms with Gasteiger partial charge in [-0.2, -0.15) is 0 Å². The van der Waals surface area contributed by atoms with Crippen molar-refractivity contribution in [2.75, 3.05) is 13.2 Å². The van der Waals surface area contributed by atoms with Crippen molar-refractivity contribution in [1.82, 2.24) is 9.80 Å². The van der Waals surface area contributed by atoms with Crippen LogP contribution in [0.1, 0.15) is 48.8 Å². The number of carbonyl (C=O) groups excluding carboxylic acids is 3. The monoisotopic (exact) mass is 434 g/mol. The summed E-state index contributed by atoms with van der Waals surface area (Å²) in [7, 11) is 0. The van der Waals surface area contributed by atoms with Gasteiger partial charge in [0.05, 0.1) is 24.6 Å².